The number of carbonyl (C=O) groups excluding carboxylic acids is 1. The van der Waals surface area contributed by atoms with Gasteiger partial charge in [0.1, 0.15) is 5.58 Å². The highest BCUT2D eigenvalue weighted by molar-refractivity contribution is 7.89. The molecule has 1 unspecified atom stereocenters. The lowest BCUT2D eigenvalue weighted by Crippen LogP contribution is -2.41. The van der Waals surface area contributed by atoms with E-state index in [-0.39, 0.29) is 10.9 Å². The predicted molar refractivity (Wildman–Crippen MR) is 135 cm³/mol. The second kappa shape index (κ2) is 9.37. The van der Waals surface area contributed by atoms with Crippen LogP contribution in [0.5, 0.6) is 0 Å². The quantitative estimate of drug-likeness (QED) is 0.390. The van der Waals surface area contributed by atoms with Crippen molar-refractivity contribution < 1.29 is 17.6 Å². The minimum atomic E-state index is -3.61. The van der Waals surface area contributed by atoms with Crippen LogP contribution in [-0.4, -0.2) is 36.2 Å². The highest BCUT2D eigenvalue weighted by Gasteiger charge is 2.31. The van der Waals surface area contributed by atoms with Crippen molar-refractivity contribution >= 4 is 43.4 Å². The highest BCUT2D eigenvalue weighted by atomic mass is 32.2. The molecular formula is C25H23N3O5S2. The summed E-state index contributed by atoms with van der Waals surface area (Å²) in [6.07, 6.45) is 2.72. The molecule has 10 heteroatoms. The summed E-state index contributed by atoms with van der Waals surface area (Å²) in [5.41, 5.74) is 0.998. The van der Waals surface area contributed by atoms with Crippen molar-refractivity contribution in [1.82, 2.24) is 9.29 Å². The lowest BCUT2D eigenvalue weighted by atomic mass is 10.1. The lowest BCUT2D eigenvalue weighted by Gasteiger charge is -2.32. The average Bonchev–Trinajstić information content (AvgIpc) is 3.32. The molecule has 3 heterocycles. The number of fused-ring (bicyclic) bond motifs is 1. The molecule has 0 spiro atoms. The Labute approximate surface area is 206 Å². The van der Waals surface area contributed by atoms with Crippen LogP contribution in [0.4, 0.5) is 5.13 Å². The van der Waals surface area contributed by atoms with Crippen molar-refractivity contribution in [2.45, 2.75) is 37.1 Å². The zero-order valence-electron chi connectivity index (χ0n) is 18.9. The van der Waals surface area contributed by atoms with E-state index in [0.717, 1.165) is 24.6 Å². The minimum Gasteiger partial charge on any atom is -0.422 e. The molecule has 8 nitrogen and oxygen atoms in total. The summed E-state index contributed by atoms with van der Waals surface area (Å²) in [6, 6.07) is 14.8. The second-order valence-corrected chi connectivity index (χ2v) is 11.2. The van der Waals surface area contributed by atoms with Crippen molar-refractivity contribution in [3.63, 3.8) is 0 Å². The number of nitrogens with one attached hydrogen (secondary N) is 1. The van der Waals surface area contributed by atoms with Gasteiger partial charge in [0.15, 0.2) is 5.13 Å². The number of sulfonamides is 1. The Morgan fingerprint density at radius 3 is 2.69 bits per heavy atom. The number of benzene rings is 2. The SMILES string of the molecule is CC1CCCCN1S(=O)(=O)c1ccc(C(=O)Nc2nc(-c3cc4ccccc4oc3=O)cs2)cc1. The van der Waals surface area contributed by atoms with Crippen LogP contribution < -0.4 is 10.9 Å². The number of rotatable bonds is 5. The van der Waals surface area contributed by atoms with E-state index in [1.807, 2.05) is 19.1 Å². The third-order valence-electron chi connectivity index (χ3n) is 6.11. The first-order valence-corrected chi connectivity index (χ1v) is 13.6. The molecule has 1 atom stereocenters. The van der Waals surface area contributed by atoms with Gasteiger partial charge in [-0.05, 0) is 56.2 Å². The number of piperidine rings is 1. The van der Waals surface area contributed by atoms with Gasteiger partial charge < -0.3 is 4.42 Å². The number of anilines is 1. The second-order valence-electron chi connectivity index (χ2n) is 8.46. The number of carbonyl (C=O) groups is 1. The van der Waals surface area contributed by atoms with Crippen molar-refractivity contribution in [2.24, 2.45) is 0 Å². The van der Waals surface area contributed by atoms with Gasteiger partial charge in [-0.1, -0.05) is 24.6 Å². The number of nitrogens with zero attached hydrogens (tertiary/aromatic N) is 2. The van der Waals surface area contributed by atoms with E-state index in [0.29, 0.717) is 34.1 Å². The van der Waals surface area contributed by atoms with E-state index in [9.17, 15) is 18.0 Å². The summed E-state index contributed by atoms with van der Waals surface area (Å²) in [6.45, 7) is 2.43. The molecule has 0 aliphatic carbocycles. The molecule has 0 radical (unpaired) electrons. The fourth-order valence-corrected chi connectivity index (χ4v) is 6.61. The maximum atomic E-state index is 13.0. The van der Waals surface area contributed by atoms with Crippen LogP contribution in [0.2, 0.25) is 0 Å². The van der Waals surface area contributed by atoms with E-state index in [1.165, 1.54) is 39.9 Å². The van der Waals surface area contributed by atoms with Gasteiger partial charge in [-0.15, -0.1) is 11.3 Å². The van der Waals surface area contributed by atoms with Crippen LogP contribution in [-0.2, 0) is 10.0 Å². The number of para-hydroxylation sites is 1. The van der Waals surface area contributed by atoms with E-state index in [1.54, 1.807) is 23.6 Å². The molecule has 2 aromatic heterocycles. The molecular weight excluding hydrogens is 486 g/mol. The standard InChI is InChI=1S/C25H23N3O5S2/c1-16-6-4-5-13-28(16)35(31,32)19-11-9-17(10-12-19)23(29)27-25-26-21(15-34-25)20-14-18-7-2-3-8-22(18)33-24(20)30/h2-3,7-12,14-16H,4-6,13H2,1H3,(H,26,27,29). The van der Waals surface area contributed by atoms with Crippen molar-refractivity contribution in [2.75, 3.05) is 11.9 Å². The molecule has 35 heavy (non-hydrogen) atoms. The van der Waals surface area contributed by atoms with E-state index >= 15 is 0 Å². The summed E-state index contributed by atoms with van der Waals surface area (Å²) in [4.78, 5) is 29.7. The summed E-state index contributed by atoms with van der Waals surface area (Å²) < 4.78 is 32.9. The zero-order valence-corrected chi connectivity index (χ0v) is 20.6. The van der Waals surface area contributed by atoms with Crippen molar-refractivity contribution in [1.29, 1.82) is 0 Å². The summed E-state index contributed by atoms with van der Waals surface area (Å²) >= 11 is 1.18. The maximum absolute atomic E-state index is 13.0. The Morgan fingerprint density at radius 2 is 1.91 bits per heavy atom. The normalized spacial score (nSPS) is 16.9. The van der Waals surface area contributed by atoms with E-state index < -0.39 is 21.6 Å². The molecule has 180 valence electrons. The van der Waals surface area contributed by atoms with Crippen molar-refractivity contribution in [3.05, 3.63) is 76.0 Å². The van der Waals surface area contributed by atoms with Crippen LogP contribution >= 0.6 is 11.3 Å². The topological polar surface area (TPSA) is 110 Å². The molecule has 1 amide bonds. The number of thiazole rings is 1. The molecule has 0 bridgehead atoms. The van der Waals surface area contributed by atoms with Crippen molar-refractivity contribution in [3.8, 4) is 11.3 Å². The molecule has 1 aliphatic heterocycles. The molecule has 0 saturated carbocycles. The largest absolute Gasteiger partial charge is 0.422 e. The number of aromatic nitrogens is 1. The van der Waals surface area contributed by atoms with Crippen LogP contribution in [0.25, 0.3) is 22.2 Å². The van der Waals surface area contributed by atoms with Gasteiger partial charge in [0.25, 0.3) is 5.91 Å². The first kappa shape index (κ1) is 23.4. The summed E-state index contributed by atoms with van der Waals surface area (Å²) in [5, 5.41) is 5.47. The minimum absolute atomic E-state index is 0.0409. The monoisotopic (exact) mass is 509 g/mol. The Balaban J connectivity index is 1.32. The fraction of sp³-hybridized carbons (Fsp3) is 0.240. The third-order valence-corrected chi connectivity index (χ3v) is 8.89. The number of amides is 1. The molecule has 2 aromatic carbocycles. The molecule has 1 N–H and O–H groups in total. The fourth-order valence-electron chi connectivity index (χ4n) is 4.21. The predicted octanol–water partition coefficient (Wildman–Crippen LogP) is 4.73. The Morgan fingerprint density at radius 1 is 1.14 bits per heavy atom. The molecule has 5 rings (SSSR count). The highest BCUT2D eigenvalue weighted by Crippen LogP contribution is 2.27. The van der Waals surface area contributed by atoms with Gasteiger partial charge in [-0.2, -0.15) is 4.31 Å². The Hall–Kier alpha value is -3.34. The van der Waals surface area contributed by atoms with Crippen LogP contribution in [0, 0.1) is 0 Å². The smallest absolute Gasteiger partial charge is 0.345 e. The van der Waals surface area contributed by atoms with Crippen LogP contribution in [0.15, 0.2) is 74.1 Å². The van der Waals surface area contributed by atoms with Gasteiger partial charge in [-0.25, -0.2) is 18.2 Å². The molecule has 1 fully saturated rings. The number of hydrogen-bond donors (Lipinski definition) is 1. The first-order valence-electron chi connectivity index (χ1n) is 11.2. The summed E-state index contributed by atoms with van der Waals surface area (Å²) in [7, 11) is -3.61. The zero-order chi connectivity index (χ0) is 24.6. The van der Waals surface area contributed by atoms with E-state index in [4.69, 9.17) is 4.42 Å². The maximum Gasteiger partial charge on any atom is 0.345 e. The van der Waals surface area contributed by atoms with Gasteiger partial charge in [0.05, 0.1) is 16.2 Å². The molecule has 1 aliphatic rings. The van der Waals surface area contributed by atoms with Crippen LogP contribution in [0.3, 0.4) is 0 Å². The third kappa shape index (κ3) is 4.64. The van der Waals surface area contributed by atoms with Gasteiger partial charge in [0, 0.05) is 28.9 Å². The van der Waals surface area contributed by atoms with Gasteiger partial charge in [0.2, 0.25) is 10.0 Å². The first-order chi connectivity index (χ1) is 16.8. The molecule has 4 aromatic rings. The van der Waals surface area contributed by atoms with Gasteiger partial charge in [-0.3, -0.25) is 10.1 Å². The Bertz CT molecular complexity index is 1560. The molecule has 1 saturated heterocycles. The van der Waals surface area contributed by atoms with Crippen LogP contribution in [0.1, 0.15) is 36.5 Å². The van der Waals surface area contributed by atoms with Gasteiger partial charge >= 0.3 is 5.63 Å². The Kier molecular flexibility index (Phi) is 6.26. The summed E-state index contributed by atoms with van der Waals surface area (Å²) in [5.74, 6) is -0.424. The lowest BCUT2D eigenvalue weighted by molar-refractivity contribution is 0.102. The number of hydrogen-bond acceptors (Lipinski definition) is 7. The average molecular weight is 510 g/mol. The van der Waals surface area contributed by atoms with E-state index in [2.05, 4.69) is 10.3 Å².